The molecule has 0 fully saturated rings. The number of aromatic nitrogens is 2. The van der Waals surface area contributed by atoms with E-state index in [9.17, 15) is 13.2 Å². The number of nitrogens with zero attached hydrogens (tertiary/aromatic N) is 2. The van der Waals surface area contributed by atoms with Crippen molar-refractivity contribution in [1.29, 1.82) is 0 Å². The van der Waals surface area contributed by atoms with Crippen molar-refractivity contribution in [2.45, 2.75) is 33.5 Å². The first-order valence-corrected chi connectivity index (χ1v) is 4.03. The van der Waals surface area contributed by atoms with Gasteiger partial charge in [0.15, 0.2) is 0 Å². The van der Waals surface area contributed by atoms with Crippen LogP contribution in [-0.2, 0) is 6.54 Å². The summed E-state index contributed by atoms with van der Waals surface area (Å²) in [7, 11) is 0. The Morgan fingerprint density at radius 2 is 1.92 bits per heavy atom. The molecule has 0 unspecified atom stereocenters. The Kier molecular flexibility index (Phi) is 4.51. The molecule has 0 radical (unpaired) electrons. The summed E-state index contributed by atoms with van der Waals surface area (Å²) in [5, 5.41) is 3.50. The van der Waals surface area contributed by atoms with E-state index in [1.807, 2.05) is 13.8 Å². The van der Waals surface area contributed by atoms with Crippen LogP contribution in [-0.4, -0.2) is 16.0 Å². The smallest absolute Gasteiger partial charge is 0.263 e. The van der Waals surface area contributed by atoms with Crippen molar-refractivity contribution in [2.24, 2.45) is 0 Å². The van der Waals surface area contributed by atoms with E-state index in [1.54, 1.807) is 6.92 Å². The molecule has 0 atom stereocenters. The Morgan fingerprint density at radius 1 is 1.38 bits per heavy atom. The topological polar surface area (TPSA) is 17.8 Å². The molecule has 0 saturated heterocycles. The summed E-state index contributed by atoms with van der Waals surface area (Å²) in [5.74, 6) is 0. The quantitative estimate of drug-likeness (QED) is 0.672. The Bertz CT molecular complexity index is 240. The van der Waals surface area contributed by atoms with Crippen molar-refractivity contribution >= 4 is 0 Å². The van der Waals surface area contributed by atoms with Crippen LogP contribution in [0, 0.1) is 6.92 Å². The van der Waals surface area contributed by atoms with Crippen LogP contribution < -0.4 is 0 Å². The van der Waals surface area contributed by atoms with Crippen molar-refractivity contribution in [3.05, 3.63) is 18.0 Å². The van der Waals surface area contributed by atoms with E-state index in [2.05, 4.69) is 5.10 Å². The second kappa shape index (κ2) is 4.89. The molecule has 0 aliphatic rings. The molecule has 0 amide bonds. The molecular formula is C8H13F3N2. The van der Waals surface area contributed by atoms with Gasteiger partial charge in [0.05, 0.1) is 6.20 Å². The van der Waals surface area contributed by atoms with Crippen LogP contribution in [0.5, 0.6) is 0 Å². The molecule has 2 nitrogen and oxygen atoms in total. The van der Waals surface area contributed by atoms with Gasteiger partial charge in [-0.15, -0.1) is 0 Å². The van der Waals surface area contributed by atoms with E-state index < -0.39 is 12.7 Å². The van der Waals surface area contributed by atoms with E-state index in [1.165, 1.54) is 12.4 Å². The molecule has 0 bridgehead atoms. The van der Waals surface area contributed by atoms with Gasteiger partial charge in [-0.05, 0) is 12.5 Å². The van der Waals surface area contributed by atoms with Crippen molar-refractivity contribution in [3.63, 3.8) is 0 Å². The molecule has 0 aromatic carbocycles. The van der Waals surface area contributed by atoms with Gasteiger partial charge in [-0.1, -0.05) is 13.8 Å². The van der Waals surface area contributed by atoms with Crippen LogP contribution in [0.25, 0.3) is 0 Å². The molecular weight excluding hydrogens is 181 g/mol. The van der Waals surface area contributed by atoms with Gasteiger partial charge in [0.2, 0.25) is 0 Å². The summed E-state index contributed by atoms with van der Waals surface area (Å²) >= 11 is 0. The molecule has 1 rings (SSSR count). The van der Waals surface area contributed by atoms with Crippen molar-refractivity contribution < 1.29 is 13.2 Å². The first-order chi connectivity index (χ1) is 5.97. The molecule has 0 N–H and O–H groups in total. The standard InChI is InChI=1S/C6H7F3N2.C2H6/c1-5-2-10-11(3-5)4-6(7,8)9;1-2/h2-3H,4H2,1H3;1-2H3. The van der Waals surface area contributed by atoms with Crippen LogP contribution in [0.2, 0.25) is 0 Å². The molecule has 1 heterocycles. The average Bonchev–Trinajstić information content (AvgIpc) is 2.36. The number of hydrogen-bond donors (Lipinski definition) is 0. The minimum absolute atomic E-state index is 0.731. The van der Waals surface area contributed by atoms with Gasteiger partial charge in [-0.25, -0.2) is 0 Å². The monoisotopic (exact) mass is 194 g/mol. The Balaban J connectivity index is 0.000000671. The first-order valence-electron chi connectivity index (χ1n) is 4.03. The highest BCUT2D eigenvalue weighted by Crippen LogP contribution is 2.16. The van der Waals surface area contributed by atoms with Crippen LogP contribution in [0.4, 0.5) is 13.2 Å². The number of alkyl halides is 3. The summed E-state index contributed by atoms with van der Waals surface area (Å²) in [6.07, 6.45) is -1.43. The third-order valence-electron chi connectivity index (χ3n) is 1.10. The second-order valence-corrected chi connectivity index (χ2v) is 2.33. The molecule has 13 heavy (non-hydrogen) atoms. The van der Waals surface area contributed by atoms with Crippen LogP contribution in [0.15, 0.2) is 12.4 Å². The maximum Gasteiger partial charge on any atom is 0.408 e. The lowest BCUT2D eigenvalue weighted by Crippen LogP contribution is -2.17. The van der Waals surface area contributed by atoms with E-state index in [4.69, 9.17) is 0 Å². The van der Waals surface area contributed by atoms with Gasteiger partial charge in [0.25, 0.3) is 0 Å². The minimum Gasteiger partial charge on any atom is -0.263 e. The lowest BCUT2D eigenvalue weighted by molar-refractivity contribution is -0.142. The normalized spacial score (nSPS) is 10.6. The summed E-state index contributed by atoms with van der Waals surface area (Å²) in [4.78, 5) is 0. The van der Waals surface area contributed by atoms with Gasteiger partial charge in [0.1, 0.15) is 6.54 Å². The molecule has 76 valence electrons. The van der Waals surface area contributed by atoms with E-state index in [0.29, 0.717) is 0 Å². The predicted molar refractivity (Wildman–Crippen MR) is 44.4 cm³/mol. The number of hydrogen-bond acceptors (Lipinski definition) is 1. The summed E-state index contributed by atoms with van der Waals surface area (Å²) in [6, 6.07) is 0. The summed E-state index contributed by atoms with van der Waals surface area (Å²) in [6.45, 7) is 4.68. The lowest BCUT2D eigenvalue weighted by atomic mass is 10.4. The fourth-order valence-electron chi connectivity index (χ4n) is 0.737. The summed E-state index contributed by atoms with van der Waals surface area (Å²) in [5.41, 5.74) is 0.731. The predicted octanol–water partition coefficient (Wildman–Crippen LogP) is 2.78. The maximum absolute atomic E-state index is 11.7. The van der Waals surface area contributed by atoms with E-state index >= 15 is 0 Å². The molecule has 0 spiro atoms. The third-order valence-corrected chi connectivity index (χ3v) is 1.10. The largest absolute Gasteiger partial charge is 0.408 e. The van der Waals surface area contributed by atoms with Crippen LogP contribution in [0.3, 0.4) is 0 Å². The highest BCUT2D eigenvalue weighted by molar-refractivity contribution is 4.99. The average molecular weight is 194 g/mol. The van der Waals surface area contributed by atoms with Gasteiger partial charge >= 0.3 is 6.18 Å². The highest BCUT2D eigenvalue weighted by Gasteiger charge is 2.28. The molecule has 0 saturated carbocycles. The Hall–Kier alpha value is -1.00. The van der Waals surface area contributed by atoms with Gasteiger partial charge in [0, 0.05) is 6.20 Å². The molecule has 5 heteroatoms. The second-order valence-electron chi connectivity index (χ2n) is 2.33. The fourth-order valence-corrected chi connectivity index (χ4v) is 0.737. The number of rotatable bonds is 1. The van der Waals surface area contributed by atoms with Gasteiger partial charge < -0.3 is 0 Å². The zero-order chi connectivity index (χ0) is 10.5. The lowest BCUT2D eigenvalue weighted by Gasteiger charge is -2.04. The summed E-state index contributed by atoms with van der Waals surface area (Å²) < 4.78 is 35.9. The third kappa shape index (κ3) is 5.27. The highest BCUT2D eigenvalue weighted by atomic mass is 19.4. The maximum atomic E-state index is 11.7. The molecule has 1 aromatic heterocycles. The SMILES string of the molecule is CC.Cc1cnn(CC(F)(F)F)c1. The number of aryl methyl sites for hydroxylation is 1. The first kappa shape index (κ1) is 12.0. The minimum atomic E-state index is -4.18. The zero-order valence-electron chi connectivity index (χ0n) is 7.89. The van der Waals surface area contributed by atoms with E-state index in [0.717, 1.165) is 10.2 Å². The van der Waals surface area contributed by atoms with Crippen molar-refractivity contribution in [1.82, 2.24) is 9.78 Å². The van der Waals surface area contributed by atoms with Crippen LogP contribution >= 0.6 is 0 Å². The molecule has 1 aromatic rings. The van der Waals surface area contributed by atoms with Crippen molar-refractivity contribution in [3.8, 4) is 0 Å². The van der Waals surface area contributed by atoms with Crippen LogP contribution in [0.1, 0.15) is 19.4 Å². The number of halogens is 3. The van der Waals surface area contributed by atoms with Gasteiger partial charge in [-0.3, -0.25) is 4.68 Å². The van der Waals surface area contributed by atoms with Gasteiger partial charge in [-0.2, -0.15) is 18.3 Å². The Morgan fingerprint density at radius 3 is 2.23 bits per heavy atom. The zero-order valence-corrected chi connectivity index (χ0v) is 7.89. The molecule has 0 aliphatic heterocycles. The van der Waals surface area contributed by atoms with E-state index in [-0.39, 0.29) is 0 Å². The van der Waals surface area contributed by atoms with Crippen molar-refractivity contribution in [2.75, 3.05) is 0 Å². The Labute approximate surface area is 75.4 Å². The molecule has 0 aliphatic carbocycles. The fraction of sp³-hybridized carbons (Fsp3) is 0.625.